The Hall–Kier alpha value is -0.0800. The van der Waals surface area contributed by atoms with Gasteiger partial charge in [-0.1, -0.05) is 6.92 Å². The molecule has 0 aliphatic carbocycles. The minimum Gasteiger partial charge on any atom is -0.378 e. The van der Waals surface area contributed by atoms with Crippen LogP contribution in [0.15, 0.2) is 0 Å². The van der Waals surface area contributed by atoms with Gasteiger partial charge in [-0.25, -0.2) is 0 Å². The summed E-state index contributed by atoms with van der Waals surface area (Å²) < 4.78 is 5.56. The van der Waals surface area contributed by atoms with Gasteiger partial charge in [-0.3, -0.25) is 0 Å². The van der Waals surface area contributed by atoms with E-state index in [0.29, 0.717) is 18.1 Å². The van der Waals surface area contributed by atoms with Crippen molar-refractivity contribution in [3.63, 3.8) is 0 Å². The van der Waals surface area contributed by atoms with Crippen LogP contribution in [-0.2, 0) is 4.74 Å². The maximum Gasteiger partial charge on any atom is 0.0578 e. The van der Waals surface area contributed by atoms with Crippen molar-refractivity contribution < 1.29 is 4.74 Å². The van der Waals surface area contributed by atoms with Crippen LogP contribution in [0.3, 0.4) is 0 Å². The summed E-state index contributed by atoms with van der Waals surface area (Å²) in [5, 5.41) is 0. The lowest BCUT2D eigenvalue weighted by Gasteiger charge is -2.17. The van der Waals surface area contributed by atoms with Crippen molar-refractivity contribution in [3.8, 4) is 0 Å². The molecule has 1 fully saturated rings. The van der Waals surface area contributed by atoms with Crippen LogP contribution in [0.1, 0.15) is 39.5 Å². The van der Waals surface area contributed by atoms with Crippen molar-refractivity contribution in [2.45, 2.75) is 51.7 Å². The molecule has 0 aromatic carbocycles. The quantitative estimate of drug-likeness (QED) is 0.701. The first kappa shape index (κ1) is 10.0. The summed E-state index contributed by atoms with van der Waals surface area (Å²) >= 11 is 0. The highest BCUT2D eigenvalue weighted by Crippen LogP contribution is 2.21. The van der Waals surface area contributed by atoms with Crippen molar-refractivity contribution in [3.05, 3.63) is 0 Å². The molecule has 2 heteroatoms. The predicted octanol–water partition coefficient (Wildman–Crippen LogP) is 1.93. The summed E-state index contributed by atoms with van der Waals surface area (Å²) in [7, 11) is 0. The topological polar surface area (TPSA) is 35.2 Å². The first-order valence-electron chi connectivity index (χ1n) is 5.05. The second-order valence-corrected chi connectivity index (χ2v) is 4.19. The summed E-state index contributed by atoms with van der Waals surface area (Å²) in [6.45, 7) is 5.31. The molecule has 0 bridgehead atoms. The van der Waals surface area contributed by atoms with Gasteiger partial charge in [0, 0.05) is 12.6 Å². The maximum atomic E-state index is 5.73. The van der Waals surface area contributed by atoms with Crippen LogP contribution in [0.5, 0.6) is 0 Å². The number of hydrogen-bond acceptors (Lipinski definition) is 2. The van der Waals surface area contributed by atoms with Gasteiger partial charge in [0.2, 0.25) is 0 Å². The first-order valence-corrected chi connectivity index (χ1v) is 5.05. The Labute approximate surface area is 75.5 Å². The molecule has 72 valence electrons. The van der Waals surface area contributed by atoms with Crippen LogP contribution in [-0.4, -0.2) is 18.8 Å². The van der Waals surface area contributed by atoms with Crippen molar-refractivity contribution in [1.82, 2.24) is 0 Å². The minimum absolute atomic E-state index is 0.335. The van der Waals surface area contributed by atoms with Gasteiger partial charge in [0.15, 0.2) is 0 Å². The van der Waals surface area contributed by atoms with E-state index in [1.54, 1.807) is 0 Å². The highest BCUT2D eigenvalue weighted by Gasteiger charge is 2.18. The predicted molar refractivity (Wildman–Crippen MR) is 51.0 cm³/mol. The van der Waals surface area contributed by atoms with Crippen LogP contribution >= 0.6 is 0 Å². The van der Waals surface area contributed by atoms with Crippen molar-refractivity contribution >= 4 is 0 Å². The van der Waals surface area contributed by atoms with Gasteiger partial charge in [-0.15, -0.1) is 0 Å². The molecule has 0 spiro atoms. The molecular formula is C10H21NO. The van der Waals surface area contributed by atoms with Gasteiger partial charge in [0.1, 0.15) is 0 Å². The minimum atomic E-state index is 0.335. The van der Waals surface area contributed by atoms with E-state index in [1.165, 1.54) is 19.3 Å². The molecule has 1 saturated heterocycles. The monoisotopic (exact) mass is 171 g/mol. The summed E-state index contributed by atoms with van der Waals surface area (Å²) in [5.41, 5.74) is 5.73. The summed E-state index contributed by atoms with van der Waals surface area (Å²) in [6, 6.07) is 0.335. The normalized spacial score (nSPS) is 28.8. The van der Waals surface area contributed by atoms with Crippen LogP contribution in [0.25, 0.3) is 0 Å². The first-order chi connectivity index (χ1) is 5.68. The summed E-state index contributed by atoms with van der Waals surface area (Å²) in [4.78, 5) is 0. The SMILES string of the molecule is CC(N)CC(C)CC1CCCO1. The van der Waals surface area contributed by atoms with E-state index in [9.17, 15) is 0 Å². The molecular weight excluding hydrogens is 150 g/mol. The van der Waals surface area contributed by atoms with Crippen molar-refractivity contribution in [2.75, 3.05) is 6.61 Å². The van der Waals surface area contributed by atoms with E-state index in [2.05, 4.69) is 13.8 Å². The molecule has 0 amide bonds. The van der Waals surface area contributed by atoms with E-state index < -0.39 is 0 Å². The fourth-order valence-corrected chi connectivity index (χ4v) is 2.01. The third-order valence-corrected chi connectivity index (χ3v) is 2.46. The fraction of sp³-hybridized carbons (Fsp3) is 1.00. The van der Waals surface area contributed by atoms with Gasteiger partial charge in [0.25, 0.3) is 0 Å². The van der Waals surface area contributed by atoms with Crippen LogP contribution in [0.2, 0.25) is 0 Å². The molecule has 1 heterocycles. The van der Waals surface area contributed by atoms with Crippen LogP contribution in [0, 0.1) is 5.92 Å². The third kappa shape index (κ3) is 3.55. The Balaban J connectivity index is 2.11. The average molecular weight is 171 g/mol. The molecule has 1 rings (SSSR count). The van der Waals surface area contributed by atoms with Gasteiger partial charge in [0.05, 0.1) is 6.10 Å². The maximum absolute atomic E-state index is 5.73. The lowest BCUT2D eigenvalue weighted by molar-refractivity contribution is 0.0899. The molecule has 0 saturated carbocycles. The van der Waals surface area contributed by atoms with E-state index in [0.717, 1.165) is 13.0 Å². The molecule has 1 aliphatic rings. The van der Waals surface area contributed by atoms with E-state index in [4.69, 9.17) is 10.5 Å². The Kier molecular flexibility index (Phi) is 4.02. The third-order valence-electron chi connectivity index (χ3n) is 2.46. The summed E-state index contributed by atoms with van der Waals surface area (Å²) in [6.07, 6.45) is 5.35. The van der Waals surface area contributed by atoms with E-state index in [1.807, 2.05) is 0 Å². The second kappa shape index (κ2) is 4.83. The number of hydrogen-bond donors (Lipinski definition) is 1. The molecule has 2 nitrogen and oxygen atoms in total. The fourth-order valence-electron chi connectivity index (χ4n) is 2.01. The second-order valence-electron chi connectivity index (χ2n) is 4.19. The molecule has 0 aromatic rings. The molecule has 2 N–H and O–H groups in total. The highest BCUT2D eigenvalue weighted by molar-refractivity contribution is 4.70. The molecule has 0 radical (unpaired) electrons. The molecule has 0 aromatic heterocycles. The standard InChI is InChI=1S/C10H21NO/c1-8(6-9(2)11)7-10-4-3-5-12-10/h8-10H,3-7,11H2,1-2H3. The molecule has 3 unspecified atom stereocenters. The van der Waals surface area contributed by atoms with E-state index in [-0.39, 0.29) is 0 Å². The van der Waals surface area contributed by atoms with Gasteiger partial charge in [-0.2, -0.15) is 0 Å². The largest absolute Gasteiger partial charge is 0.378 e. The molecule has 12 heavy (non-hydrogen) atoms. The van der Waals surface area contributed by atoms with Gasteiger partial charge in [-0.05, 0) is 38.5 Å². The van der Waals surface area contributed by atoms with Crippen molar-refractivity contribution in [2.24, 2.45) is 11.7 Å². The number of ether oxygens (including phenoxy) is 1. The number of nitrogens with two attached hydrogens (primary N) is 1. The van der Waals surface area contributed by atoms with Crippen molar-refractivity contribution in [1.29, 1.82) is 0 Å². The zero-order chi connectivity index (χ0) is 8.97. The lowest BCUT2D eigenvalue weighted by atomic mass is 9.96. The van der Waals surface area contributed by atoms with Gasteiger partial charge < -0.3 is 10.5 Å². The zero-order valence-corrected chi connectivity index (χ0v) is 8.25. The Bertz CT molecular complexity index is 119. The van der Waals surface area contributed by atoms with Crippen LogP contribution in [0.4, 0.5) is 0 Å². The molecule has 1 aliphatic heterocycles. The lowest BCUT2D eigenvalue weighted by Crippen LogP contribution is -2.21. The van der Waals surface area contributed by atoms with E-state index >= 15 is 0 Å². The zero-order valence-electron chi connectivity index (χ0n) is 8.25. The van der Waals surface area contributed by atoms with Crippen LogP contribution < -0.4 is 5.73 Å². The Morgan fingerprint density at radius 1 is 1.50 bits per heavy atom. The summed E-state index contributed by atoms with van der Waals surface area (Å²) in [5.74, 6) is 0.716. The molecule has 3 atom stereocenters. The number of rotatable bonds is 4. The highest BCUT2D eigenvalue weighted by atomic mass is 16.5. The smallest absolute Gasteiger partial charge is 0.0578 e. The van der Waals surface area contributed by atoms with Gasteiger partial charge >= 0.3 is 0 Å². The Morgan fingerprint density at radius 2 is 2.25 bits per heavy atom. The average Bonchev–Trinajstić information content (AvgIpc) is 2.37. The Morgan fingerprint density at radius 3 is 2.75 bits per heavy atom.